The van der Waals surface area contributed by atoms with Crippen molar-refractivity contribution in [3.05, 3.63) is 67.5 Å². The number of hydrogen-bond acceptors (Lipinski definition) is 5. The Morgan fingerprint density at radius 3 is 2.53 bits per heavy atom. The lowest BCUT2D eigenvalue weighted by molar-refractivity contribution is -0.121. The molecule has 0 saturated heterocycles. The highest BCUT2D eigenvalue weighted by Crippen LogP contribution is 2.21. The van der Waals surface area contributed by atoms with Gasteiger partial charge in [-0.3, -0.25) is 18.7 Å². The quantitative estimate of drug-likeness (QED) is 0.665. The minimum absolute atomic E-state index is 0.104. The van der Waals surface area contributed by atoms with E-state index in [1.807, 2.05) is 38.1 Å². The van der Waals surface area contributed by atoms with Gasteiger partial charge in [0.2, 0.25) is 5.91 Å². The monoisotopic (exact) mass is 410 g/mol. The van der Waals surface area contributed by atoms with Crippen LogP contribution < -0.4 is 21.3 Å². The Labute approximate surface area is 174 Å². The van der Waals surface area contributed by atoms with Gasteiger partial charge in [-0.2, -0.15) is 0 Å². The van der Waals surface area contributed by atoms with Crippen LogP contribution in [0.4, 0.5) is 0 Å². The van der Waals surface area contributed by atoms with E-state index >= 15 is 0 Å². The molecule has 8 heteroatoms. The number of para-hydroxylation sites is 1. The summed E-state index contributed by atoms with van der Waals surface area (Å²) in [5.41, 5.74) is 2.79. The lowest BCUT2D eigenvalue weighted by atomic mass is 10.00. The van der Waals surface area contributed by atoms with Crippen molar-refractivity contribution in [2.24, 2.45) is 14.1 Å². The number of hydrogen-bond donors (Lipinski definition) is 1. The van der Waals surface area contributed by atoms with Crippen molar-refractivity contribution < 1.29 is 9.53 Å². The van der Waals surface area contributed by atoms with E-state index in [1.54, 1.807) is 14.2 Å². The second kappa shape index (κ2) is 8.52. The van der Waals surface area contributed by atoms with Gasteiger partial charge in [-0.25, -0.2) is 9.78 Å². The van der Waals surface area contributed by atoms with E-state index in [-0.39, 0.29) is 17.9 Å². The van der Waals surface area contributed by atoms with Crippen LogP contribution in [0.3, 0.4) is 0 Å². The molecule has 3 rings (SSSR count). The average molecular weight is 410 g/mol. The van der Waals surface area contributed by atoms with E-state index in [1.165, 1.54) is 11.6 Å². The van der Waals surface area contributed by atoms with Crippen molar-refractivity contribution in [1.82, 2.24) is 19.4 Å². The Balaban J connectivity index is 1.82. The Morgan fingerprint density at radius 1 is 1.13 bits per heavy atom. The lowest BCUT2D eigenvalue weighted by Gasteiger charge is -2.15. The molecule has 158 valence electrons. The topological polar surface area (TPSA) is 95.2 Å². The molecule has 1 N–H and O–H groups in total. The van der Waals surface area contributed by atoms with Crippen LogP contribution in [0.5, 0.6) is 5.75 Å². The summed E-state index contributed by atoms with van der Waals surface area (Å²) in [5, 5.41) is 3.32. The molecule has 0 aliphatic carbocycles. The highest BCUT2D eigenvalue weighted by molar-refractivity contribution is 5.80. The number of carbonyl (C=O) groups is 1. The number of aromatic nitrogens is 3. The van der Waals surface area contributed by atoms with E-state index in [4.69, 9.17) is 4.74 Å². The summed E-state index contributed by atoms with van der Waals surface area (Å²) in [6, 6.07) is 7.53. The smallest absolute Gasteiger partial charge is 0.332 e. The molecule has 3 aromatic rings. The third kappa shape index (κ3) is 3.85. The Bertz CT molecular complexity index is 1240. The zero-order chi connectivity index (χ0) is 22.0. The van der Waals surface area contributed by atoms with Crippen LogP contribution in [0.15, 0.2) is 33.9 Å². The largest absolute Gasteiger partial charge is 0.496 e. The predicted octanol–water partition coefficient (Wildman–Crippen LogP) is 1.51. The van der Waals surface area contributed by atoms with Crippen molar-refractivity contribution >= 4 is 16.9 Å². The number of benzene rings is 1. The van der Waals surface area contributed by atoms with Gasteiger partial charge < -0.3 is 10.1 Å². The van der Waals surface area contributed by atoms with Gasteiger partial charge in [0.25, 0.3) is 5.56 Å². The lowest BCUT2D eigenvalue weighted by Crippen LogP contribution is -2.38. The number of methoxy groups -OCH3 is 1. The number of fused-ring (bicyclic) bond motifs is 1. The Kier molecular flexibility index (Phi) is 6.05. The van der Waals surface area contributed by atoms with Gasteiger partial charge in [0.1, 0.15) is 11.4 Å². The van der Waals surface area contributed by atoms with Crippen molar-refractivity contribution in [2.75, 3.05) is 7.11 Å². The van der Waals surface area contributed by atoms with E-state index in [0.717, 1.165) is 27.0 Å². The first-order valence-corrected chi connectivity index (χ1v) is 9.70. The minimum Gasteiger partial charge on any atom is -0.496 e. The maximum atomic E-state index is 12.7. The fourth-order valence-corrected chi connectivity index (χ4v) is 3.68. The number of nitrogens with zero attached hydrogens (tertiary/aromatic N) is 3. The van der Waals surface area contributed by atoms with Crippen LogP contribution in [0.1, 0.15) is 28.8 Å². The Hall–Kier alpha value is -3.42. The van der Waals surface area contributed by atoms with Crippen LogP contribution in [-0.2, 0) is 31.9 Å². The van der Waals surface area contributed by atoms with E-state index in [0.29, 0.717) is 29.7 Å². The van der Waals surface area contributed by atoms with Gasteiger partial charge in [-0.05, 0) is 37.5 Å². The van der Waals surface area contributed by atoms with Crippen molar-refractivity contribution in [3.63, 3.8) is 0 Å². The number of ether oxygens (including phenoxy) is 1. The first-order valence-electron chi connectivity index (χ1n) is 9.70. The van der Waals surface area contributed by atoms with E-state index in [2.05, 4.69) is 10.3 Å². The molecule has 30 heavy (non-hydrogen) atoms. The molecule has 0 bridgehead atoms. The molecule has 1 amide bonds. The predicted molar refractivity (Wildman–Crippen MR) is 115 cm³/mol. The molecular formula is C22H26N4O4. The first-order chi connectivity index (χ1) is 14.3. The standard InChI is InChI=1S/C22H26N4O4/c1-13-16(10-11-18(27)23-12-15-8-6-7-9-17(15)30-5)14(2)24-20-19(13)21(28)26(4)22(29)25(20)3/h6-9H,10-12H2,1-5H3,(H,23,27). The summed E-state index contributed by atoms with van der Waals surface area (Å²) < 4.78 is 7.76. The molecular weight excluding hydrogens is 384 g/mol. The van der Waals surface area contributed by atoms with Gasteiger partial charge in [-0.1, -0.05) is 18.2 Å². The molecule has 0 fully saturated rings. The number of pyridine rings is 1. The average Bonchev–Trinajstić information content (AvgIpc) is 2.74. The van der Waals surface area contributed by atoms with E-state index in [9.17, 15) is 14.4 Å². The number of carbonyl (C=O) groups excluding carboxylic acids is 1. The molecule has 0 radical (unpaired) electrons. The first kappa shape index (κ1) is 21.3. The molecule has 2 aromatic heterocycles. The molecule has 0 atom stereocenters. The number of aryl methyl sites for hydroxylation is 3. The summed E-state index contributed by atoms with van der Waals surface area (Å²) in [7, 11) is 4.65. The van der Waals surface area contributed by atoms with Gasteiger partial charge in [0.05, 0.1) is 12.5 Å². The third-order valence-electron chi connectivity index (χ3n) is 5.44. The fourth-order valence-electron chi connectivity index (χ4n) is 3.68. The second-order valence-electron chi connectivity index (χ2n) is 7.29. The summed E-state index contributed by atoms with van der Waals surface area (Å²) in [4.78, 5) is 41.8. The highest BCUT2D eigenvalue weighted by Gasteiger charge is 2.17. The molecule has 0 unspecified atom stereocenters. The van der Waals surface area contributed by atoms with Gasteiger partial charge in [0, 0.05) is 38.3 Å². The molecule has 8 nitrogen and oxygen atoms in total. The Morgan fingerprint density at radius 2 is 1.83 bits per heavy atom. The van der Waals surface area contributed by atoms with Crippen LogP contribution in [0.2, 0.25) is 0 Å². The van der Waals surface area contributed by atoms with Crippen molar-refractivity contribution in [3.8, 4) is 5.75 Å². The number of rotatable bonds is 6. The normalized spacial score (nSPS) is 11.0. The maximum Gasteiger partial charge on any atom is 0.332 e. The summed E-state index contributed by atoms with van der Waals surface area (Å²) in [6.45, 7) is 4.04. The fraction of sp³-hybridized carbons (Fsp3) is 0.364. The molecule has 1 aromatic carbocycles. The van der Waals surface area contributed by atoms with E-state index < -0.39 is 5.69 Å². The van der Waals surface area contributed by atoms with Gasteiger partial charge >= 0.3 is 5.69 Å². The SMILES string of the molecule is COc1ccccc1CNC(=O)CCc1c(C)nc2c(c1C)c(=O)n(C)c(=O)n2C. The van der Waals surface area contributed by atoms with Crippen molar-refractivity contribution in [2.45, 2.75) is 33.2 Å². The van der Waals surface area contributed by atoms with Crippen LogP contribution in [0, 0.1) is 13.8 Å². The third-order valence-corrected chi connectivity index (χ3v) is 5.44. The molecule has 0 saturated carbocycles. The number of nitrogens with one attached hydrogen (secondary N) is 1. The summed E-state index contributed by atoms with van der Waals surface area (Å²) >= 11 is 0. The number of amides is 1. The van der Waals surface area contributed by atoms with Crippen LogP contribution in [0.25, 0.3) is 11.0 Å². The zero-order valence-electron chi connectivity index (χ0n) is 17.9. The molecule has 0 spiro atoms. The highest BCUT2D eigenvalue weighted by atomic mass is 16.5. The molecule has 0 aliphatic rings. The maximum absolute atomic E-state index is 12.7. The van der Waals surface area contributed by atoms with Crippen LogP contribution >= 0.6 is 0 Å². The summed E-state index contributed by atoms with van der Waals surface area (Å²) in [6.07, 6.45) is 0.709. The second-order valence-corrected chi connectivity index (χ2v) is 7.29. The van der Waals surface area contributed by atoms with Crippen molar-refractivity contribution in [1.29, 1.82) is 0 Å². The summed E-state index contributed by atoms with van der Waals surface area (Å²) in [5.74, 6) is 0.623. The molecule has 2 heterocycles. The van der Waals surface area contributed by atoms with Gasteiger partial charge in [-0.15, -0.1) is 0 Å². The van der Waals surface area contributed by atoms with Gasteiger partial charge in [0.15, 0.2) is 0 Å². The van der Waals surface area contributed by atoms with Crippen LogP contribution in [-0.4, -0.2) is 27.1 Å². The zero-order valence-corrected chi connectivity index (χ0v) is 17.9. The molecule has 0 aliphatic heterocycles. The minimum atomic E-state index is -0.415.